The highest BCUT2D eigenvalue weighted by atomic mass is 14.5. The van der Waals surface area contributed by atoms with Crippen molar-refractivity contribution in [2.24, 2.45) is 0 Å². The van der Waals surface area contributed by atoms with Gasteiger partial charge in [-0.2, -0.15) is 0 Å². The Labute approximate surface area is 114 Å². The van der Waals surface area contributed by atoms with Crippen molar-refractivity contribution in [3.8, 4) is 11.8 Å². The van der Waals surface area contributed by atoms with E-state index in [9.17, 15) is 0 Å². The van der Waals surface area contributed by atoms with Crippen LogP contribution in [0.4, 0.5) is 5.69 Å². The Morgan fingerprint density at radius 3 is 2.53 bits per heavy atom. The van der Waals surface area contributed by atoms with Crippen molar-refractivity contribution in [3.05, 3.63) is 65.2 Å². The van der Waals surface area contributed by atoms with Crippen molar-refractivity contribution in [1.82, 2.24) is 0 Å². The first-order valence-electron chi connectivity index (χ1n) is 6.79. The molecule has 0 spiro atoms. The Hall–Kier alpha value is -2.20. The molecule has 0 aliphatic heterocycles. The number of nitrogen functional groups attached to an aromatic ring is 1. The molecule has 1 saturated carbocycles. The Bertz CT molecular complexity index is 642. The zero-order chi connectivity index (χ0) is 13.1. The summed E-state index contributed by atoms with van der Waals surface area (Å²) in [5, 5.41) is 0. The maximum atomic E-state index is 5.77. The highest BCUT2D eigenvalue weighted by Gasteiger charge is 2.21. The molecule has 1 nitrogen and oxygen atoms in total. The average molecular weight is 247 g/mol. The minimum Gasteiger partial charge on any atom is -0.399 e. The lowest BCUT2D eigenvalue weighted by Gasteiger charge is -2.26. The average Bonchev–Trinajstić information content (AvgIpc) is 2.36. The van der Waals surface area contributed by atoms with Gasteiger partial charge in [-0.1, -0.05) is 42.5 Å². The van der Waals surface area contributed by atoms with E-state index < -0.39 is 0 Å². The molecule has 19 heavy (non-hydrogen) atoms. The molecule has 0 aromatic heterocycles. The quantitative estimate of drug-likeness (QED) is 0.599. The van der Waals surface area contributed by atoms with Gasteiger partial charge in [-0.3, -0.25) is 0 Å². The summed E-state index contributed by atoms with van der Waals surface area (Å²) < 4.78 is 0. The maximum Gasteiger partial charge on any atom is 0.0326 e. The van der Waals surface area contributed by atoms with Gasteiger partial charge in [0.25, 0.3) is 0 Å². The zero-order valence-corrected chi connectivity index (χ0v) is 10.9. The van der Waals surface area contributed by atoms with Crippen LogP contribution in [0.15, 0.2) is 48.5 Å². The molecule has 0 unspecified atom stereocenters. The largest absolute Gasteiger partial charge is 0.399 e. The Kier molecular flexibility index (Phi) is 3.25. The van der Waals surface area contributed by atoms with Gasteiger partial charge in [0, 0.05) is 16.8 Å². The summed E-state index contributed by atoms with van der Waals surface area (Å²) in [5.74, 6) is 7.23. The standard InChI is InChI=1S/C18H17N/c19-17-9-3-5-14(13-17)11-12-16-6-1-2-10-18(16)15-7-4-8-15/h1-3,5-6,9-10,13,15H,4,7-8,19H2. The lowest BCUT2D eigenvalue weighted by atomic mass is 9.78. The third-order valence-corrected chi connectivity index (χ3v) is 3.73. The van der Waals surface area contributed by atoms with Gasteiger partial charge < -0.3 is 5.73 Å². The number of rotatable bonds is 1. The highest BCUT2D eigenvalue weighted by Crippen LogP contribution is 2.37. The molecule has 2 aromatic carbocycles. The van der Waals surface area contributed by atoms with Crippen LogP contribution in [-0.4, -0.2) is 0 Å². The number of anilines is 1. The van der Waals surface area contributed by atoms with Crippen LogP contribution < -0.4 is 5.73 Å². The third-order valence-electron chi connectivity index (χ3n) is 3.73. The van der Waals surface area contributed by atoms with E-state index in [0.717, 1.165) is 16.8 Å². The molecular weight excluding hydrogens is 230 g/mol. The first-order valence-corrected chi connectivity index (χ1v) is 6.79. The summed E-state index contributed by atoms with van der Waals surface area (Å²) in [6.45, 7) is 0. The predicted molar refractivity (Wildman–Crippen MR) is 79.9 cm³/mol. The molecule has 0 saturated heterocycles. The van der Waals surface area contributed by atoms with Gasteiger partial charge in [0.1, 0.15) is 0 Å². The van der Waals surface area contributed by atoms with Gasteiger partial charge in [0.05, 0.1) is 0 Å². The summed E-state index contributed by atoms with van der Waals surface area (Å²) in [6, 6.07) is 16.2. The van der Waals surface area contributed by atoms with Crippen LogP contribution in [0.1, 0.15) is 41.9 Å². The number of hydrogen-bond donors (Lipinski definition) is 1. The molecule has 0 bridgehead atoms. The minimum atomic E-state index is 0.714. The van der Waals surface area contributed by atoms with Gasteiger partial charge >= 0.3 is 0 Å². The second-order valence-corrected chi connectivity index (χ2v) is 5.09. The Balaban J connectivity index is 1.91. The lowest BCUT2D eigenvalue weighted by molar-refractivity contribution is 0.419. The molecule has 3 rings (SSSR count). The second-order valence-electron chi connectivity index (χ2n) is 5.09. The molecular formula is C18H17N. The van der Waals surface area contributed by atoms with Crippen molar-refractivity contribution in [2.45, 2.75) is 25.2 Å². The molecule has 2 N–H and O–H groups in total. The topological polar surface area (TPSA) is 26.0 Å². The highest BCUT2D eigenvalue weighted by molar-refractivity contribution is 5.51. The fourth-order valence-electron chi connectivity index (χ4n) is 2.44. The normalized spacial score (nSPS) is 14.3. The first-order chi connectivity index (χ1) is 9.33. The van der Waals surface area contributed by atoms with Crippen LogP contribution in [0, 0.1) is 11.8 Å². The maximum absolute atomic E-state index is 5.77. The molecule has 1 fully saturated rings. The van der Waals surface area contributed by atoms with Crippen molar-refractivity contribution >= 4 is 5.69 Å². The van der Waals surface area contributed by atoms with Crippen molar-refractivity contribution in [1.29, 1.82) is 0 Å². The van der Waals surface area contributed by atoms with E-state index in [1.807, 2.05) is 24.3 Å². The van der Waals surface area contributed by atoms with E-state index >= 15 is 0 Å². The fourth-order valence-corrected chi connectivity index (χ4v) is 2.44. The van der Waals surface area contributed by atoms with Gasteiger partial charge in [0.2, 0.25) is 0 Å². The molecule has 0 amide bonds. The Morgan fingerprint density at radius 1 is 0.947 bits per heavy atom. The summed E-state index contributed by atoms with van der Waals surface area (Å²) in [4.78, 5) is 0. The van der Waals surface area contributed by atoms with Gasteiger partial charge in [0.15, 0.2) is 0 Å². The van der Waals surface area contributed by atoms with E-state index in [-0.39, 0.29) is 0 Å². The van der Waals surface area contributed by atoms with Gasteiger partial charge in [-0.25, -0.2) is 0 Å². The molecule has 0 radical (unpaired) electrons. The smallest absolute Gasteiger partial charge is 0.0326 e. The molecule has 0 atom stereocenters. The molecule has 1 aliphatic carbocycles. The van der Waals surface area contributed by atoms with Crippen molar-refractivity contribution in [2.75, 3.05) is 5.73 Å². The summed E-state index contributed by atoms with van der Waals surface area (Å²) in [5.41, 5.74) is 10.1. The van der Waals surface area contributed by atoms with Crippen molar-refractivity contribution in [3.63, 3.8) is 0 Å². The zero-order valence-electron chi connectivity index (χ0n) is 10.9. The number of benzene rings is 2. The van der Waals surface area contributed by atoms with Crippen LogP contribution in [0.5, 0.6) is 0 Å². The van der Waals surface area contributed by atoms with Gasteiger partial charge in [-0.05, 0) is 48.6 Å². The van der Waals surface area contributed by atoms with E-state index in [1.165, 1.54) is 24.8 Å². The SMILES string of the molecule is Nc1cccc(C#Cc2ccccc2C2CCC2)c1. The van der Waals surface area contributed by atoms with Crippen LogP contribution in [0.3, 0.4) is 0 Å². The summed E-state index contributed by atoms with van der Waals surface area (Å²) >= 11 is 0. The van der Waals surface area contributed by atoms with E-state index in [2.05, 4.69) is 36.1 Å². The summed E-state index contributed by atoms with van der Waals surface area (Å²) in [6.07, 6.45) is 3.95. The molecule has 1 aliphatic rings. The Morgan fingerprint density at radius 2 is 1.79 bits per heavy atom. The van der Waals surface area contributed by atoms with Crippen LogP contribution in [0.2, 0.25) is 0 Å². The third kappa shape index (κ3) is 2.63. The van der Waals surface area contributed by atoms with E-state index in [1.54, 1.807) is 0 Å². The van der Waals surface area contributed by atoms with Crippen LogP contribution >= 0.6 is 0 Å². The molecule has 2 aromatic rings. The molecule has 1 heteroatoms. The van der Waals surface area contributed by atoms with Gasteiger partial charge in [-0.15, -0.1) is 0 Å². The van der Waals surface area contributed by atoms with E-state index in [4.69, 9.17) is 5.73 Å². The predicted octanol–water partition coefficient (Wildman–Crippen LogP) is 3.94. The minimum absolute atomic E-state index is 0.714. The molecule has 94 valence electrons. The monoisotopic (exact) mass is 247 g/mol. The second kappa shape index (κ2) is 5.20. The number of hydrogen-bond acceptors (Lipinski definition) is 1. The van der Waals surface area contributed by atoms with Crippen LogP contribution in [-0.2, 0) is 0 Å². The van der Waals surface area contributed by atoms with E-state index in [0.29, 0.717) is 5.92 Å². The van der Waals surface area contributed by atoms with Crippen LogP contribution in [0.25, 0.3) is 0 Å². The number of nitrogens with two attached hydrogens (primary N) is 1. The first kappa shape index (κ1) is 11.9. The fraction of sp³-hybridized carbons (Fsp3) is 0.222. The lowest BCUT2D eigenvalue weighted by Crippen LogP contribution is -2.10. The summed E-state index contributed by atoms with van der Waals surface area (Å²) in [7, 11) is 0. The molecule has 0 heterocycles. The van der Waals surface area contributed by atoms with Crippen molar-refractivity contribution < 1.29 is 0 Å².